The molecule has 6 nitrogen and oxygen atoms in total. The predicted molar refractivity (Wildman–Crippen MR) is 89.4 cm³/mol. The third kappa shape index (κ3) is 5.71. The van der Waals surface area contributed by atoms with Gasteiger partial charge in [0, 0.05) is 37.7 Å². The van der Waals surface area contributed by atoms with Gasteiger partial charge in [-0.1, -0.05) is 12.1 Å². The molecule has 23 heavy (non-hydrogen) atoms. The van der Waals surface area contributed by atoms with Gasteiger partial charge in [-0.2, -0.15) is 0 Å². The van der Waals surface area contributed by atoms with Gasteiger partial charge in [0.15, 0.2) is 0 Å². The van der Waals surface area contributed by atoms with Gasteiger partial charge >= 0.3 is 12.0 Å². The highest BCUT2D eigenvalue weighted by Crippen LogP contribution is 2.13. The van der Waals surface area contributed by atoms with Crippen molar-refractivity contribution in [3.8, 4) is 0 Å². The van der Waals surface area contributed by atoms with Crippen LogP contribution in [0.4, 0.5) is 10.5 Å². The largest absolute Gasteiger partial charge is 0.466 e. The number of hydrogen-bond acceptors (Lipinski definition) is 5. The summed E-state index contributed by atoms with van der Waals surface area (Å²) < 4.78 is 4.92. The number of carbonyl (C=O) groups is 2. The Bertz CT molecular complexity index is 658. The summed E-state index contributed by atoms with van der Waals surface area (Å²) in [7, 11) is 1.72. The molecule has 0 radical (unpaired) electrons. The molecular formula is C16H19N3O3S. The summed E-state index contributed by atoms with van der Waals surface area (Å²) in [6.45, 7) is 2.18. The van der Waals surface area contributed by atoms with Crippen molar-refractivity contribution in [1.82, 2.24) is 9.88 Å². The Morgan fingerprint density at radius 1 is 1.39 bits per heavy atom. The molecule has 2 rings (SSSR count). The summed E-state index contributed by atoms with van der Waals surface area (Å²) >= 11 is 1.51. The van der Waals surface area contributed by atoms with Crippen LogP contribution in [0.15, 0.2) is 35.8 Å². The number of esters is 1. The van der Waals surface area contributed by atoms with Gasteiger partial charge < -0.3 is 15.0 Å². The van der Waals surface area contributed by atoms with E-state index in [1.54, 1.807) is 18.1 Å². The number of anilines is 1. The van der Waals surface area contributed by atoms with Crippen LogP contribution in [0.1, 0.15) is 17.5 Å². The number of nitrogens with zero attached hydrogens (tertiary/aromatic N) is 2. The average Bonchev–Trinajstić information content (AvgIpc) is 3.00. The molecule has 1 heterocycles. The molecule has 2 amide bonds. The van der Waals surface area contributed by atoms with E-state index in [0.29, 0.717) is 25.3 Å². The molecule has 1 aromatic heterocycles. The third-order valence-electron chi connectivity index (χ3n) is 3.08. The van der Waals surface area contributed by atoms with Crippen LogP contribution in [0.5, 0.6) is 0 Å². The van der Waals surface area contributed by atoms with Gasteiger partial charge in [-0.05, 0) is 17.7 Å². The molecular weight excluding hydrogens is 314 g/mol. The number of rotatable bonds is 6. The van der Waals surface area contributed by atoms with Crippen LogP contribution in [-0.4, -0.2) is 35.5 Å². The molecule has 7 heteroatoms. The van der Waals surface area contributed by atoms with Crippen molar-refractivity contribution in [2.24, 2.45) is 0 Å². The summed E-state index contributed by atoms with van der Waals surface area (Å²) in [6.07, 6.45) is 2.33. The minimum Gasteiger partial charge on any atom is -0.466 e. The number of nitrogens with one attached hydrogen (secondary N) is 1. The number of urea groups is 1. The lowest BCUT2D eigenvalue weighted by atomic mass is 10.1. The molecule has 122 valence electrons. The van der Waals surface area contributed by atoms with E-state index in [4.69, 9.17) is 4.74 Å². The molecule has 2 aromatic rings. The standard InChI is InChI=1S/C16H19N3O3S/c1-12(20)22-8-6-13-4-3-5-14(10-13)18-16(21)19(2)11-15-17-7-9-23-15/h3-5,7,9-10H,6,8,11H2,1-2H3,(H,18,21). The smallest absolute Gasteiger partial charge is 0.321 e. The van der Waals surface area contributed by atoms with Crippen LogP contribution in [0, 0.1) is 0 Å². The van der Waals surface area contributed by atoms with E-state index in [0.717, 1.165) is 10.6 Å². The highest BCUT2D eigenvalue weighted by atomic mass is 32.1. The lowest BCUT2D eigenvalue weighted by molar-refractivity contribution is -0.140. The second kappa shape index (κ2) is 8.28. The minimum atomic E-state index is -0.293. The first-order valence-corrected chi connectivity index (χ1v) is 8.05. The zero-order chi connectivity index (χ0) is 16.7. The zero-order valence-electron chi connectivity index (χ0n) is 13.1. The zero-order valence-corrected chi connectivity index (χ0v) is 13.9. The Hall–Kier alpha value is -2.41. The van der Waals surface area contributed by atoms with Gasteiger partial charge in [0.25, 0.3) is 0 Å². The Morgan fingerprint density at radius 3 is 2.91 bits per heavy atom. The molecule has 0 aliphatic heterocycles. The highest BCUT2D eigenvalue weighted by Gasteiger charge is 2.11. The molecule has 0 unspecified atom stereocenters. The first-order valence-electron chi connectivity index (χ1n) is 7.17. The van der Waals surface area contributed by atoms with Crippen molar-refractivity contribution in [3.63, 3.8) is 0 Å². The van der Waals surface area contributed by atoms with Crippen LogP contribution >= 0.6 is 11.3 Å². The van der Waals surface area contributed by atoms with Crippen LogP contribution in [0.3, 0.4) is 0 Å². The van der Waals surface area contributed by atoms with Gasteiger partial charge in [-0.3, -0.25) is 4.79 Å². The fraction of sp³-hybridized carbons (Fsp3) is 0.312. The second-order valence-corrected chi connectivity index (χ2v) is 5.98. The van der Waals surface area contributed by atoms with E-state index in [9.17, 15) is 9.59 Å². The number of benzene rings is 1. The number of thiazole rings is 1. The van der Waals surface area contributed by atoms with Gasteiger partial charge in [0.2, 0.25) is 0 Å². The maximum absolute atomic E-state index is 12.2. The fourth-order valence-corrected chi connectivity index (χ4v) is 2.61. The number of amides is 2. The Morgan fingerprint density at radius 2 is 2.22 bits per heavy atom. The van der Waals surface area contributed by atoms with Crippen molar-refractivity contribution in [2.75, 3.05) is 19.0 Å². The van der Waals surface area contributed by atoms with Crippen molar-refractivity contribution in [3.05, 3.63) is 46.4 Å². The van der Waals surface area contributed by atoms with Crippen molar-refractivity contribution in [1.29, 1.82) is 0 Å². The molecule has 0 atom stereocenters. The molecule has 0 aliphatic rings. The quantitative estimate of drug-likeness (QED) is 0.825. The first kappa shape index (κ1) is 17.0. The van der Waals surface area contributed by atoms with Gasteiger partial charge in [-0.15, -0.1) is 11.3 Å². The minimum absolute atomic E-state index is 0.197. The van der Waals surface area contributed by atoms with E-state index in [-0.39, 0.29) is 12.0 Å². The molecule has 0 bridgehead atoms. The third-order valence-corrected chi connectivity index (χ3v) is 3.84. The van der Waals surface area contributed by atoms with Crippen LogP contribution in [0.25, 0.3) is 0 Å². The summed E-state index contributed by atoms with van der Waals surface area (Å²) in [4.78, 5) is 28.7. The Balaban J connectivity index is 1.88. The maximum Gasteiger partial charge on any atom is 0.321 e. The fourth-order valence-electron chi connectivity index (χ4n) is 1.94. The highest BCUT2D eigenvalue weighted by molar-refractivity contribution is 7.09. The Kier molecular flexibility index (Phi) is 6.10. The molecule has 0 aliphatic carbocycles. The van der Waals surface area contributed by atoms with E-state index >= 15 is 0 Å². The monoisotopic (exact) mass is 333 g/mol. The molecule has 0 saturated heterocycles. The van der Waals surface area contributed by atoms with Gasteiger partial charge in [0.05, 0.1) is 13.2 Å². The SMILES string of the molecule is CC(=O)OCCc1cccc(NC(=O)N(C)Cc2nccs2)c1. The van der Waals surface area contributed by atoms with Crippen LogP contribution in [-0.2, 0) is 22.5 Å². The number of ether oxygens (including phenoxy) is 1. The summed E-state index contributed by atoms with van der Waals surface area (Å²) in [5.74, 6) is -0.293. The second-order valence-electron chi connectivity index (χ2n) is 5.00. The molecule has 0 saturated carbocycles. The predicted octanol–water partition coefficient (Wildman–Crippen LogP) is 2.91. The van der Waals surface area contributed by atoms with Crippen molar-refractivity contribution in [2.45, 2.75) is 19.9 Å². The molecule has 0 spiro atoms. The summed E-state index contributed by atoms with van der Waals surface area (Å²) in [6, 6.07) is 7.29. The van der Waals surface area contributed by atoms with E-state index in [1.165, 1.54) is 18.3 Å². The topological polar surface area (TPSA) is 71.5 Å². The first-order chi connectivity index (χ1) is 11.0. The van der Waals surface area contributed by atoms with Gasteiger partial charge in [-0.25, -0.2) is 9.78 Å². The van der Waals surface area contributed by atoms with E-state index in [1.807, 2.05) is 29.6 Å². The normalized spacial score (nSPS) is 10.2. The molecule has 1 N–H and O–H groups in total. The van der Waals surface area contributed by atoms with E-state index in [2.05, 4.69) is 10.3 Å². The van der Waals surface area contributed by atoms with Crippen LogP contribution in [0.2, 0.25) is 0 Å². The lowest BCUT2D eigenvalue weighted by Crippen LogP contribution is -2.30. The Labute approximate surface area is 139 Å². The van der Waals surface area contributed by atoms with Crippen molar-refractivity contribution >= 4 is 29.0 Å². The number of hydrogen-bond donors (Lipinski definition) is 1. The van der Waals surface area contributed by atoms with Gasteiger partial charge in [0.1, 0.15) is 5.01 Å². The average molecular weight is 333 g/mol. The summed E-state index contributed by atoms with van der Waals surface area (Å²) in [5.41, 5.74) is 1.70. The molecule has 1 aromatic carbocycles. The lowest BCUT2D eigenvalue weighted by Gasteiger charge is -2.17. The van der Waals surface area contributed by atoms with Crippen LogP contribution < -0.4 is 5.32 Å². The summed E-state index contributed by atoms with van der Waals surface area (Å²) in [5, 5.41) is 5.62. The van der Waals surface area contributed by atoms with E-state index < -0.39 is 0 Å². The number of carbonyl (C=O) groups excluding carboxylic acids is 2. The number of aromatic nitrogens is 1. The molecule has 0 fully saturated rings. The van der Waals surface area contributed by atoms with Crippen molar-refractivity contribution < 1.29 is 14.3 Å². The maximum atomic E-state index is 12.2.